The zero-order valence-electron chi connectivity index (χ0n) is 16.9. The molecular weight excluding hydrogens is 388 g/mol. The molecule has 1 fully saturated rings. The Morgan fingerprint density at radius 2 is 1.69 bits per heavy atom. The van der Waals surface area contributed by atoms with Crippen molar-refractivity contribution in [3.63, 3.8) is 0 Å². The summed E-state index contributed by atoms with van der Waals surface area (Å²) < 4.78 is 0. The molecule has 0 heterocycles. The molecule has 158 valence electrons. The van der Waals surface area contributed by atoms with Gasteiger partial charge in [0.15, 0.2) is 5.11 Å². The predicted octanol–water partition coefficient (Wildman–Crippen LogP) is 3.42. The molecule has 4 N–H and O–H groups in total. The number of carbonyl (C=O) groups excluding carboxylic acids is 3. The lowest BCUT2D eigenvalue weighted by Crippen LogP contribution is -2.48. The minimum absolute atomic E-state index is 0.0450. The Morgan fingerprint density at radius 1 is 1.00 bits per heavy atom. The van der Waals surface area contributed by atoms with E-state index in [9.17, 15) is 14.4 Å². The molecule has 0 aromatic heterocycles. The first-order chi connectivity index (χ1) is 14.0. The first-order valence-electron chi connectivity index (χ1n) is 10.3. The van der Waals surface area contributed by atoms with Gasteiger partial charge in [-0.05, 0) is 55.7 Å². The lowest BCUT2D eigenvalue weighted by Gasteiger charge is -2.20. The molecule has 0 spiro atoms. The normalized spacial score (nSPS) is 14.0. The lowest BCUT2D eigenvalue weighted by atomic mass is 9.88. The molecule has 1 aromatic rings. The van der Waals surface area contributed by atoms with Crippen molar-refractivity contribution in [3.05, 3.63) is 29.8 Å². The topological polar surface area (TPSA) is 99.3 Å². The van der Waals surface area contributed by atoms with E-state index in [0.717, 1.165) is 44.9 Å². The standard InChI is InChI=1S/C21H30N4O3S/c1-2-3-5-10-18(26)23-21(29)25-24-20(28)16-11-13-17(14-12-16)22-19(27)15-8-6-4-7-9-15/h11-15H,2-10H2,1H3,(H,22,27)(H,24,28)(H2,23,25,26,29). The highest BCUT2D eigenvalue weighted by Crippen LogP contribution is 2.25. The number of anilines is 1. The number of benzene rings is 1. The molecule has 8 heteroatoms. The van der Waals surface area contributed by atoms with Gasteiger partial charge < -0.3 is 10.6 Å². The van der Waals surface area contributed by atoms with E-state index in [2.05, 4.69) is 28.4 Å². The van der Waals surface area contributed by atoms with Crippen LogP contribution in [0.5, 0.6) is 0 Å². The maximum absolute atomic E-state index is 12.3. The number of hydrogen-bond donors (Lipinski definition) is 4. The van der Waals surface area contributed by atoms with Gasteiger partial charge in [0.1, 0.15) is 0 Å². The van der Waals surface area contributed by atoms with Crippen molar-refractivity contribution >= 4 is 40.7 Å². The zero-order chi connectivity index (χ0) is 21.1. The summed E-state index contributed by atoms with van der Waals surface area (Å²) in [7, 11) is 0. The van der Waals surface area contributed by atoms with E-state index in [0.29, 0.717) is 17.7 Å². The van der Waals surface area contributed by atoms with Gasteiger partial charge in [-0.3, -0.25) is 25.2 Å². The molecule has 0 saturated heterocycles. The Hall–Kier alpha value is -2.48. The molecule has 0 bridgehead atoms. The van der Waals surface area contributed by atoms with Crippen molar-refractivity contribution in [1.82, 2.24) is 16.2 Å². The maximum Gasteiger partial charge on any atom is 0.269 e. The van der Waals surface area contributed by atoms with Crippen molar-refractivity contribution < 1.29 is 14.4 Å². The molecule has 0 atom stereocenters. The van der Waals surface area contributed by atoms with Gasteiger partial charge in [-0.15, -0.1) is 0 Å². The highest BCUT2D eigenvalue weighted by Gasteiger charge is 2.21. The monoisotopic (exact) mass is 418 g/mol. The third kappa shape index (κ3) is 8.19. The number of hydrogen-bond acceptors (Lipinski definition) is 4. The molecule has 0 unspecified atom stereocenters. The minimum atomic E-state index is -0.391. The number of amides is 3. The third-order valence-corrected chi connectivity index (χ3v) is 5.14. The predicted molar refractivity (Wildman–Crippen MR) is 117 cm³/mol. The van der Waals surface area contributed by atoms with Gasteiger partial charge in [-0.2, -0.15) is 0 Å². The van der Waals surface area contributed by atoms with Crippen molar-refractivity contribution in [2.24, 2.45) is 5.92 Å². The van der Waals surface area contributed by atoms with Crippen LogP contribution in [0, 0.1) is 5.92 Å². The van der Waals surface area contributed by atoms with Gasteiger partial charge in [0.25, 0.3) is 5.91 Å². The van der Waals surface area contributed by atoms with Crippen LogP contribution in [0.2, 0.25) is 0 Å². The van der Waals surface area contributed by atoms with Gasteiger partial charge in [0, 0.05) is 23.6 Å². The lowest BCUT2D eigenvalue weighted by molar-refractivity contribution is -0.121. The second-order valence-electron chi connectivity index (χ2n) is 7.32. The molecule has 1 aromatic carbocycles. The van der Waals surface area contributed by atoms with Crippen LogP contribution in [0.1, 0.15) is 75.1 Å². The summed E-state index contributed by atoms with van der Waals surface area (Å²) in [5.74, 6) is -0.446. The first-order valence-corrected chi connectivity index (χ1v) is 10.7. The summed E-state index contributed by atoms with van der Waals surface area (Å²) in [6.07, 6.45) is 8.51. The number of nitrogens with one attached hydrogen (secondary N) is 4. The quantitative estimate of drug-likeness (QED) is 0.309. The van der Waals surface area contributed by atoms with E-state index in [1.807, 2.05) is 0 Å². The minimum Gasteiger partial charge on any atom is -0.326 e. The summed E-state index contributed by atoms with van der Waals surface area (Å²) in [5.41, 5.74) is 6.05. The van der Waals surface area contributed by atoms with Crippen LogP contribution in [0.3, 0.4) is 0 Å². The van der Waals surface area contributed by atoms with E-state index in [4.69, 9.17) is 12.2 Å². The van der Waals surface area contributed by atoms with Crippen LogP contribution in [-0.2, 0) is 9.59 Å². The molecule has 1 aliphatic rings. The number of thiocarbonyl (C=S) groups is 1. The second kappa shape index (κ2) is 12.2. The average molecular weight is 419 g/mol. The fraction of sp³-hybridized carbons (Fsp3) is 0.524. The molecule has 29 heavy (non-hydrogen) atoms. The zero-order valence-corrected chi connectivity index (χ0v) is 17.7. The van der Waals surface area contributed by atoms with Crippen molar-refractivity contribution in [2.45, 2.75) is 64.7 Å². The number of rotatable bonds is 7. The highest BCUT2D eigenvalue weighted by atomic mass is 32.1. The van der Waals surface area contributed by atoms with Crippen LogP contribution in [0.25, 0.3) is 0 Å². The SMILES string of the molecule is CCCCCC(=O)NC(=S)NNC(=O)c1ccc(NC(=O)C2CCCCC2)cc1. The van der Waals surface area contributed by atoms with Gasteiger partial charge in [-0.1, -0.05) is 39.0 Å². The van der Waals surface area contributed by atoms with Crippen LogP contribution in [0.15, 0.2) is 24.3 Å². The van der Waals surface area contributed by atoms with E-state index in [1.165, 1.54) is 6.42 Å². The van der Waals surface area contributed by atoms with Gasteiger partial charge >= 0.3 is 0 Å². The smallest absolute Gasteiger partial charge is 0.269 e. The molecule has 7 nitrogen and oxygen atoms in total. The van der Waals surface area contributed by atoms with Gasteiger partial charge in [-0.25, -0.2) is 0 Å². The fourth-order valence-electron chi connectivity index (χ4n) is 3.26. The molecular formula is C21H30N4O3S. The molecule has 2 rings (SSSR count). The summed E-state index contributed by atoms with van der Waals surface area (Å²) >= 11 is 5.00. The van der Waals surface area contributed by atoms with Crippen molar-refractivity contribution in [3.8, 4) is 0 Å². The number of unbranched alkanes of at least 4 members (excludes halogenated alkanes) is 2. The van der Waals surface area contributed by atoms with Gasteiger partial charge in [0.2, 0.25) is 11.8 Å². The fourth-order valence-corrected chi connectivity index (χ4v) is 3.42. The Kier molecular flexibility index (Phi) is 9.56. The summed E-state index contributed by atoms with van der Waals surface area (Å²) in [4.78, 5) is 36.2. The van der Waals surface area contributed by atoms with E-state index in [1.54, 1.807) is 24.3 Å². The second-order valence-corrected chi connectivity index (χ2v) is 7.72. The summed E-state index contributed by atoms with van der Waals surface area (Å²) in [6, 6.07) is 6.65. The Morgan fingerprint density at radius 3 is 2.34 bits per heavy atom. The largest absolute Gasteiger partial charge is 0.326 e. The average Bonchev–Trinajstić information content (AvgIpc) is 2.73. The molecule has 0 radical (unpaired) electrons. The van der Waals surface area contributed by atoms with E-state index < -0.39 is 5.91 Å². The van der Waals surface area contributed by atoms with Crippen LogP contribution >= 0.6 is 12.2 Å². The van der Waals surface area contributed by atoms with E-state index >= 15 is 0 Å². The van der Waals surface area contributed by atoms with Crippen LogP contribution in [-0.4, -0.2) is 22.8 Å². The summed E-state index contributed by atoms with van der Waals surface area (Å²) in [5, 5.41) is 5.49. The molecule has 1 aliphatic carbocycles. The van der Waals surface area contributed by atoms with E-state index in [-0.39, 0.29) is 22.8 Å². The summed E-state index contributed by atoms with van der Waals surface area (Å²) in [6.45, 7) is 2.07. The number of carbonyl (C=O) groups is 3. The van der Waals surface area contributed by atoms with Crippen LogP contribution < -0.4 is 21.5 Å². The Labute approximate surface area is 177 Å². The highest BCUT2D eigenvalue weighted by molar-refractivity contribution is 7.80. The van der Waals surface area contributed by atoms with Crippen LogP contribution in [0.4, 0.5) is 5.69 Å². The van der Waals surface area contributed by atoms with Crippen molar-refractivity contribution in [2.75, 3.05) is 5.32 Å². The van der Waals surface area contributed by atoms with Crippen molar-refractivity contribution in [1.29, 1.82) is 0 Å². The maximum atomic E-state index is 12.3. The first kappa shape index (κ1) is 22.8. The third-order valence-electron chi connectivity index (χ3n) is 4.94. The Bertz CT molecular complexity index is 715. The molecule has 0 aliphatic heterocycles. The van der Waals surface area contributed by atoms with Gasteiger partial charge in [0.05, 0.1) is 0 Å². The Balaban J connectivity index is 1.74. The molecule has 1 saturated carbocycles. The molecule has 3 amide bonds. The number of hydrazine groups is 1.